The minimum Gasteiger partial charge on any atom is -0.384 e. The van der Waals surface area contributed by atoms with Gasteiger partial charge in [-0.05, 0) is 19.1 Å². The van der Waals surface area contributed by atoms with Crippen LogP contribution in [0.3, 0.4) is 0 Å². The summed E-state index contributed by atoms with van der Waals surface area (Å²) >= 11 is 3.40. The summed E-state index contributed by atoms with van der Waals surface area (Å²) in [5.74, 6) is 0.694. The van der Waals surface area contributed by atoms with Gasteiger partial charge < -0.3 is 9.63 Å². The molecule has 0 saturated carbocycles. The molecule has 0 radical (unpaired) electrons. The summed E-state index contributed by atoms with van der Waals surface area (Å²) in [5.41, 5.74) is 0.841. The smallest absolute Gasteiger partial charge is 0.255 e. The monoisotopic (exact) mass is 268 g/mol. The van der Waals surface area contributed by atoms with Crippen LogP contribution in [0.15, 0.2) is 33.3 Å². The van der Waals surface area contributed by atoms with Crippen LogP contribution in [0.1, 0.15) is 18.9 Å². The van der Waals surface area contributed by atoms with Gasteiger partial charge in [-0.3, -0.25) is 0 Å². The van der Waals surface area contributed by atoms with Crippen LogP contribution in [0.5, 0.6) is 0 Å². The average molecular weight is 269 g/mol. The topological polar surface area (TPSA) is 59.2 Å². The number of hydrogen-bond acceptors (Lipinski definition) is 4. The number of benzene rings is 1. The van der Waals surface area contributed by atoms with Crippen LogP contribution in [-0.2, 0) is 0 Å². The molecule has 78 valence electrons. The fourth-order valence-electron chi connectivity index (χ4n) is 1.16. The Hall–Kier alpha value is -1.20. The first kappa shape index (κ1) is 10.3. The summed E-state index contributed by atoms with van der Waals surface area (Å²) in [6.07, 6.45) is -0.742. The Kier molecular flexibility index (Phi) is 2.83. The van der Waals surface area contributed by atoms with Crippen molar-refractivity contribution in [3.05, 3.63) is 34.6 Å². The lowest BCUT2D eigenvalue weighted by molar-refractivity contribution is 0.152. The van der Waals surface area contributed by atoms with Crippen molar-refractivity contribution in [1.29, 1.82) is 0 Å². The first-order chi connectivity index (χ1) is 7.18. The first-order valence-corrected chi connectivity index (χ1v) is 5.24. The summed E-state index contributed by atoms with van der Waals surface area (Å²) in [4.78, 5) is 4.08. The van der Waals surface area contributed by atoms with Crippen molar-refractivity contribution in [2.45, 2.75) is 13.0 Å². The fourth-order valence-corrected chi connectivity index (χ4v) is 1.62. The van der Waals surface area contributed by atoms with Crippen molar-refractivity contribution in [1.82, 2.24) is 10.1 Å². The van der Waals surface area contributed by atoms with Gasteiger partial charge in [0.1, 0.15) is 6.10 Å². The molecule has 1 unspecified atom stereocenters. The van der Waals surface area contributed by atoms with E-state index in [4.69, 9.17) is 4.52 Å². The van der Waals surface area contributed by atoms with Crippen molar-refractivity contribution in [2.75, 3.05) is 0 Å². The van der Waals surface area contributed by atoms with Crippen LogP contribution < -0.4 is 0 Å². The highest BCUT2D eigenvalue weighted by molar-refractivity contribution is 9.10. The van der Waals surface area contributed by atoms with Crippen LogP contribution in [0.25, 0.3) is 11.4 Å². The van der Waals surface area contributed by atoms with Crippen LogP contribution in [-0.4, -0.2) is 15.2 Å². The quantitative estimate of drug-likeness (QED) is 0.910. The SMILES string of the molecule is CC(O)c1nc(-c2ccccc2Br)no1. The minimum absolute atomic E-state index is 0.223. The number of hydrogen-bond donors (Lipinski definition) is 1. The van der Waals surface area contributed by atoms with Gasteiger partial charge in [0.15, 0.2) is 0 Å². The molecule has 0 aliphatic carbocycles. The Balaban J connectivity index is 2.42. The summed E-state index contributed by atoms with van der Waals surface area (Å²) in [6, 6.07) is 7.57. The first-order valence-electron chi connectivity index (χ1n) is 4.45. The largest absolute Gasteiger partial charge is 0.384 e. The van der Waals surface area contributed by atoms with Gasteiger partial charge in [-0.1, -0.05) is 33.2 Å². The highest BCUT2D eigenvalue weighted by atomic mass is 79.9. The molecule has 1 aromatic carbocycles. The Morgan fingerprint density at radius 1 is 1.40 bits per heavy atom. The molecule has 5 heteroatoms. The zero-order chi connectivity index (χ0) is 10.8. The maximum absolute atomic E-state index is 9.25. The number of aliphatic hydroxyl groups excluding tert-OH is 1. The second-order valence-electron chi connectivity index (χ2n) is 3.11. The predicted octanol–water partition coefficient (Wildman–Crippen LogP) is 2.55. The summed E-state index contributed by atoms with van der Waals surface area (Å²) in [5, 5.41) is 13.0. The summed E-state index contributed by atoms with van der Waals surface area (Å²) in [6.45, 7) is 1.58. The zero-order valence-corrected chi connectivity index (χ0v) is 9.60. The van der Waals surface area contributed by atoms with E-state index in [9.17, 15) is 5.11 Å². The molecule has 2 aromatic rings. The van der Waals surface area contributed by atoms with Gasteiger partial charge in [0.25, 0.3) is 5.89 Å². The van der Waals surface area contributed by atoms with Crippen molar-refractivity contribution in [3.8, 4) is 11.4 Å². The van der Waals surface area contributed by atoms with Crippen LogP contribution in [0.2, 0.25) is 0 Å². The second kappa shape index (κ2) is 4.12. The zero-order valence-electron chi connectivity index (χ0n) is 8.01. The third-order valence-corrected chi connectivity index (χ3v) is 2.61. The summed E-state index contributed by atoms with van der Waals surface area (Å²) in [7, 11) is 0. The Labute approximate surface area is 95.1 Å². The molecule has 0 amide bonds. The molecule has 0 aliphatic rings. The predicted molar refractivity (Wildman–Crippen MR) is 58.1 cm³/mol. The van der Waals surface area contributed by atoms with Gasteiger partial charge in [-0.15, -0.1) is 0 Å². The van der Waals surface area contributed by atoms with Gasteiger partial charge in [0.2, 0.25) is 5.82 Å². The molecule has 1 heterocycles. The van der Waals surface area contributed by atoms with Crippen molar-refractivity contribution in [3.63, 3.8) is 0 Å². The molecule has 1 aromatic heterocycles. The molecule has 4 nitrogen and oxygen atoms in total. The maximum atomic E-state index is 9.25. The Morgan fingerprint density at radius 3 is 2.73 bits per heavy atom. The number of nitrogens with zero attached hydrogens (tertiary/aromatic N) is 2. The van der Waals surface area contributed by atoms with E-state index < -0.39 is 6.10 Å². The molecule has 0 saturated heterocycles. The van der Waals surface area contributed by atoms with E-state index in [1.54, 1.807) is 6.92 Å². The van der Waals surface area contributed by atoms with E-state index in [1.807, 2.05) is 24.3 Å². The number of halogens is 1. The fraction of sp³-hybridized carbons (Fsp3) is 0.200. The third kappa shape index (κ3) is 2.08. The number of aromatic nitrogens is 2. The number of rotatable bonds is 2. The molecule has 0 bridgehead atoms. The van der Waals surface area contributed by atoms with Crippen molar-refractivity contribution < 1.29 is 9.63 Å². The molecule has 1 N–H and O–H groups in total. The van der Waals surface area contributed by atoms with Crippen molar-refractivity contribution in [2.24, 2.45) is 0 Å². The molecule has 0 fully saturated rings. The lowest BCUT2D eigenvalue weighted by Gasteiger charge is -1.96. The van der Waals surface area contributed by atoms with E-state index in [0.29, 0.717) is 5.82 Å². The van der Waals surface area contributed by atoms with E-state index in [1.165, 1.54) is 0 Å². The molecule has 2 rings (SSSR count). The van der Waals surface area contributed by atoms with E-state index >= 15 is 0 Å². The minimum atomic E-state index is -0.742. The normalized spacial score (nSPS) is 12.7. The Bertz CT molecular complexity index is 468. The average Bonchev–Trinajstić information content (AvgIpc) is 2.67. The lowest BCUT2D eigenvalue weighted by Crippen LogP contribution is -1.90. The summed E-state index contributed by atoms with van der Waals surface area (Å²) < 4.78 is 5.80. The molecule has 15 heavy (non-hydrogen) atoms. The second-order valence-corrected chi connectivity index (χ2v) is 3.97. The highest BCUT2D eigenvalue weighted by Gasteiger charge is 2.13. The van der Waals surface area contributed by atoms with E-state index in [-0.39, 0.29) is 5.89 Å². The van der Waals surface area contributed by atoms with Crippen LogP contribution in [0.4, 0.5) is 0 Å². The molecule has 0 spiro atoms. The highest BCUT2D eigenvalue weighted by Crippen LogP contribution is 2.26. The maximum Gasteiger partial charge on any atom is 0.255 e. The number of aliphatic hydroxyl groups is 1. The van der Waals surface area contributed by atoms with Gasteiger partial charge in [0, 0.05) is 10.0 Å². The molecular weight excluding hydrogens is 260 g/mol. The lowest BCUT2D eigenvalue weighted by atomic mass is 10.2. The van der Waals surface area contributed by atoms with Gasteiger partial charge in [-0.25, -0.2) is 0 Å². The van der Waals surface area contributed by atoms with Crippen molar-refractivity contribution >= 4 is 15.9 Å². The van der Waals surface area contributed by atoms with Gasteiger partial charge in [0.05, 0.1) is 0 Å². The molecule has 0 aliphatic heterocycles. The van der Waals surface area contributed by atoms with Gasteiger partial charge >= 0.3 is 0 Å². The Morgan fingerprint density at radius 2 is 2.13 bits per heavy atom. The molecular formula is C10H9BrN2O2. The van der Waals surface area contributed by atoms with E-state index in [0.717, 1.165) is 10.0 Å². The van der Waals surface area contributed by atoms with Crippen LogP contribution >= 0.6 is 15.9 Å². The standard InChI is InChI=1S/C10H9BrN2O2/c1-6(14)10-12-9(13-15-10)7-4-2-3-5-8(7)11/h2-6,14H,1H3. The third-order valence-electron chi connectivity index (χ3n) is 1.91. The van der Waals surface area contributed by atoms with E-state index in [2.05, 4.69) is 26.1 Å². The van der Waals surface area contributed by atoms with Crippen LogP contribution in [0, 0.1) is 0 Å². The van der Waals surface area contributed by atoms with Gasteiger partial charge in [-0.2, -0.15) is 4.98 Å². The molecule has 1 atom stereocenters.